The fourth-order valence-corrected chi connectivity index (χ4v) is 0.746. The van der Waals surface area contributed by atoms with E-state index in [-0.39, 0.29) is 11.7 Å². The Morgan fingerprint density at radius 3 is 1.73 bits per heavy atom. The first kappa shape index (κ1) is 10.9. The molecule has 3 nitrogen and oxygen atoms in total. The Hall–Kier alpha value is -0.120. The smallest absolute Gasteiger partial charge is 0.181 e. The van der Waals surface area contributed by atoms with E-state index in [9.17, 15) is 0 Å². The third-order valence-corrected chi connectivity index (χ3v) is 1.23. The number of hydroxylamine groups is 2. The number of hydrogen-bond acceptors (Lipinski definition) is 3. The van der Waals surface area contributed by atoms with Gasteiger partial charge >= 0.3 is 0 Å². The van der Waals surface area contributed by atoms with E-state index in [0.717, 1.165) is 0 Å². The van der Waals surface area contributed by atoms with Crippen LogP contribution in [-0.2, 0) is 9.57 Å². The zero-order chi connectivity index (χ0) is 9.07. The number of rotatable bonds is 3. The molecule has 68 valence electrons. The summed E-state index contributed by atoms with van der Waals surface area (Å²) in [6, 6.07) is 0. The minimum atomic E-state index is -0.183. The second kappa shape index (κ2) is 4.04. The minimum absolute atomic E-state index is 0.0129. The lowest BCUT2D eigenvalue weighted by Crippen LogP contribution is -2.35. The molecule has 0 aromatic rings. The molecule has 0 spiro atoms. The van der Waals surface area contributed by atoms with E-state index >= 15 is 0 Å². The van der Waals surface area contributed by atoms with Gasteiger partial charge in [-0.05, 0) is 0 Å². The summed E-state index contributed by atoms with van der Waals surface area (Å²) < 4.78 is 5.16. The molecule has 0 saturated heterocycles. The molecule has 0 aromatic heterocycles. The molecule has 0 aliphatic carbocycles. The van der Waals surface area contributed by atoms with Gasteiger partial charge in [0.1, 0.15) is 0 Å². The molecule has 0 bridgehead atoms. The van der Waals surface area contributed by atoms with Gasteiger partial charge in [0.15, 0.2) is 6.29 Å². The lowest BCUT2D eigenvalue weighted by molar-refractivity contribution is -0.285. The van der Waals surface area contributed by atoms with E-state index in [1.165, 1.54) is 0 Å². The molecule has 1 unspecified atom stereocenters. The summed E-state index contributed by atoms with van der Waals surface area (Å²) in [5.41, 5.74) is 0.0129. The predicted molar refractivity (Wildman–Crippen MR) is 45.0 cm³/mol. The molecule has 0 amide bonds. The maximum atomic E-state index is 5.38. The summed E-state index contributed by atoms with van der Waals surface area (Å²) in [4.78, 5) is 5.38. The fraction of sp³-hybridized carbons (Fsp3) is 1.00. The molecular weight excluding hydrogens is 142 g/mol. The van der Waals surface area contributed by atoms with Crippen LogP contribution < -0.4 is 0 Å². The molecule has 0 saturated carbocycles. The van der Waals surface area contributed by atoms with Gasteiger partial charge in [0.25, 0.3) is 0 Å². The molecule has 1 atom stereocenters. The van der Waals surface area contributed by atoms with Gasteiger partial charge in [-0.3, -0.25) is 4.84 Å². The average molecular weight is 161 g/mol. The van der Waals surface area contributed by atoms with Crippen LogP contribution in [0.2, 0.25) is 0 Å². The van der Waals surface area contributed by atoms with Crippen LogP contribution in [0.4, 0.5) is 0 Å². The Labute approximate surface area is 69.2 Å². The Bertz CT molecular complexity index is 107. The third-order valence-electron chi connectivity index (χ3n) is 1.23. The molecule has 0 heterocycles. The largest absolute Gasteiger partial charge is 0.354 e. The maximum Gasteiger partial charge on any atom is 0.181 e. The van der Waals surface area contributed by atoms with Crippen LogP contribution in [0.25, 0.3) is 0 Å². The summed E-state index contributed by atoms with van der Waals surface area (Å²) in [7, 11) is 5.34. The zero-order valence-corrected chi connectivity index (χ0v) is 8.34. The van der Waals surface area contributed by atoms with Crippen molar-refractivity contribution in [2.45, 2.75) is 27.1 Å². The highest BCUT2D eigenvalue weighted by Crippen LogP contribution is 2.22. The Kier molecular flexibility index (Phi) is 4.00. The van der Waals surface area contributed by atoms with Crippen molar-refractivity contribution in [1.82, 2.24) is 5.06 Å². The van der Waals surface area contributed by atoms with E-state index in [4.69, 9.17) is 9.57 Å². The van der Waals surface area contributed by atoms with Crippen molar-refractivity contribution in [2.75, 3.05) is 21.2 Å². The summed E-state index contributed by atoms with van der Waals surface area (Å²) in [6.07, 6.45) is -0.183. The van der Waals surface area contributed by atoms with Crippen molar-refractivity contribution in [3.63, 3.8) is 0 Å². The normalized spacial score (nSPS) is 15.5. The van der Waals surface area contributed by atoms with Gasteiger partial charge in [-0.1, -0.05) is 20.8 Å². The van der Waals surface area contributed by atoms with Crippen molar-refractivity contribution in [2.24, 2.45) is 5.41 Å². The molecule has 0 aliphatic rings. The van der Waals surface area contributed by atoms with Crippen LogP contribution in [0.15, 0.2) is 0 Å². The predicted octanol–water partition coefficient (Wildman–Crippen LogP) is 1.50. The van der Waals surface area contributed by atoms with Gasteiger partial charge < -0.3 is 4.74 Å². The molecule has 0 aromatic carbocycles. The van der Waals surface area contributed by atoms with Crippen LogP contribution in [0.5, 0.6) is 0 Å². The van der Waals surface area contributed by atoms with Gasteiger partial charge in [0.05, 0.1) is 0 Å². The Morgan fingerprint density at radius 1 is 1.18 bits per heavy atom. The number of ether oxygens (including phenoxy) is 1. The molecular formula is C8H19NO2. The molecule has 0 fully saturated rings. The first-order valence-electron chi connectivity index (χ1n) is 3.75. The quantitative estimate of drug-likeness (QED) is 0.462. The van der Waals surface area contributed by atoms with E-state index in [1.807, 2.05) is 14.1 Å². The van der Waals surface area contributed by atoms with Crippen LogP contribution in [0, 0.1) is 5.41 Å². The molecule has 11 heavy (non-hydrogen) atoms. The minimum Gasteiger partial charge on any atom is -0.354 e. The molecule has 0 aliphatic heterocycles. The number of hydrogen-bond donors (Lipinski definition) is 0. The summed E-state index contributed by atoms with van der Waals surface area (Å²) >= 11 is 0. The standard InChI is InChI=1S/C8H19NO2/c1-8(2,3)7(10-6)11-9(4)5/h7H,1-6H3. The lowest BCUT2D eigenvalue weighted by Gasteiger charge is -2.30. The highest BCUT2D eigenvalue weighted by atomic mass is 16.8. The fourth-order valence-electron chi connectivity index (χ4n) is 0.746. The van der Waals surface area contributed by atoms with E-state index in [1.54, 1.807) is 12.2 Å². The Balaban J connectivity index is 3.96. The second-order valence-corrected chi connectivity index (χ2v) is 3.85. The van der Waals surface area contributed by atoms with Crippen LogP contribution >= 0.6 is 0 Å². The molecule has 0 N–H and O–H groups in total. The summed E-state index contributed by atoms with van der Waals surface area (Å²) in [6.45, 7) is 6.22. The second-order valence-electron chi connectivity index (χ2n) is 3.85. The first-order chi connectivity index (χ1) is 4.88. The SMILES string of the molecule is COC(ON(C)C)C(C)(C)C. The van der Waals surface area contributed by atoms with E-state index in [2.05, 4.69) is 20.8 Å². The lowest BCUT2D eigenvalue weighted by atomic mass is 9.96. The van der Waals surface area contributed by atoms with Gasteiger partial charge in [-0.15, -0.1) is 0 Å². The van der Waals surface area contributed by atoms with Crippen molar-refractivity contribution in [3.05, 3.63) is 0 Å². The van der Waals surface area contributed by atoms with Gasteiger partial charge in [-0.25, -0.2) is 0 Å². The average Bonchev–Trinajstić information content (AvgIpc) is 1.79. The van der Waals surface area contributed by atoms with Crippen LogP contribution in [0.1, 0.15) is 20.8 Å². The van der Waals surface area contributed by atoms with E-state index < -0.39 is 0 Å². The monoisotopic (exact) mass is 161 g/mol. The van der Waals surface area contributed by atoms with E-state index in [0.29, 0.717) is 0 Å². The highest BCUT2D eigenvalue weighted by Gasteiger charge is 2.26. The highest BCUT2D eigenvalue weighted by molar-refractivity contribution is 4.64. The first-order valence-corrected chi connectivity index (χ1v) is 3.75. The zero-order valence-electron chi connectivity index (χ0n) is 8.34. The molecule has 0 radical (unpaired) electrons. The molecule has 0 rings (SSSR count). The third kappa shape index (κ3) is 4.35. The number of methoxy groups -OCH3 is 1. The van der Waals surface area contributed by atoms with Gasteiger partial charge in [0, 0.05) is 26.6 Å². The van der Waals surface area contributed by atoms with Crippen LogP contribution in [0.3, 0.4) is 0 Å². The van der Waals surface area contributed by atoms with Crippen molar-refractivity contribution in [1.29, 1.82) is 0 Å². The Morgan fingerprint density at radius 2 is 1.64 bits per heavy atom. The van der Waals surface area contributed by atoms with Crippen LogP contribution in [-0.4, -0.2) is 32.6 Å². The molecule has 3 heteroatoms. The number of nitrogens with zero attached hydrogens (tertiary/aromatic N) is 1. The topological polar surface area (TPSA) is 21.7 Å². The maximum absolute atomic E-state index is 5.38. The van der Waals surface area contributed by atoms with Crippen molar-refractivity contribution >= 4 is 0 Å². The van der Waals surface area contributed by atoms with Crippen molar-refractivity contribution in [3.8, 4) is 0 Å². The van der Waals surface area contributed by atoms with Gasteiger partial charge in [-0.2, -0.15) is 5.06 Å². The summed E-state index contributed by atoms with van der Waals surface area (Å²) in [5.74, 6) is 0. The van der Waals surface area contributed by atoms with Crippen molar-refractivity contribution < 1.29 is 9.57 Å². The van der Waals surface area contributed by atoms with Gasteiger partial charge in [0.2, 0.25) is 0 Å². The summed E-state index contributed by atoms with van der Waals surface area (Å²) in [5, 5.41) is 1.65.